The monoisotopic (exact) mass is 320 g/mol. The lowest BCUT2D eigenvalue weighted by atomic mass is 9.47. The number of allylic oxidation sites excluding steroid dienone is 1. The van der Waals surface area contributed by atoms with E-state index in [0.717, 1.165) is 44.9 Å². The molecule has 22 heavy (non-hydrogen) atoms. The Bertz CT molecular complexity index is 566. The Labute approximate surface area is 137 Å². The van der Waals surface area contributed by atoms with Gasteiger partial charge in [0.05, 0.1) is 0 Å². The van der Waals surface area contributed by atoms with Crippen LogP contribution in [0.1, 0.15) is 58.3 Å². The van der Waals surface area contributed by atoms with Crippen LogP contribution in [0.2, 0.25) is 0 Å². The zero-order valence-corrected chi connectivity index (χ0v) is 14.1. The first-order chi connectivity index (χ1) is 10.5. The largest absolute Gasteiger partial charge is 0.299 e. The summed E-state index contributed by atoms with van der Waals surface area (Å²) in [5.74, 6) is 3.20. The van der Waals surface area contributed by atoms with E-state index in [0.29, 0.717) is 35.8 Å². The van der Waals surface area contributed by atoms with Gasteiger partial charge in [0.25, 0.3) is 0 Å². The molecule has 0 aliphatic heterocycles. The van der Waals surface area contributed by atoms with Gasteiger partial charge in [0.2, 0.25) is 0 Å². The quantitative estimate of drug-likeness (QED) is 0.675. The van der Waals surface area contributed by atoms with E-state index in [1.54, 1.807) is 0 Å². The van der Waals surface area contributed by atoms with Crippen LogP contribution in [-0.2, 0) is 9.59 Å². The van der Waals surface area contributed by atoms with Crippen LogP contribution >= 0.6 is 11.6 Å². The number of halogens is 1. The molecule has 0 aromatic carbocycles. The summed E-state index contributed by atoms with van der Waals surface area (Å²) in [4.78, 5) is 24.2. The second-order valence-corrected chi connectivity index (χ2v) is 8.53. The number of Topliss-reactive ketones (excluding diaryl/α,β-unsaturated/α-hetero) is 1. The molecule has 0 heterocycles. The second-order valence-electron chi connectivity index (χ2n) is 8.26. The highest BCUT2D eigenvalue weighted by Crippen LogP contribution is 2.64. The summed E-state index contributed by atoms with van der Waals surface area (Å²) in [6.07, 6.45) is 9.65. The summed E-state index contributed by atoms with van der Waals surface area (Å²) in [6.45, 7) is 2.21. The van der Waals surface area contributed by atoms with Crippen molar-refractivity contribution in [1.29, 1.82) is 0 Å². The molecule has 4 rings (SSSR count). The number of rotatable bonds is 1. The topological polar surface area (TPSA) is 34.1 Å². The minimum atomic E-state index is -0.0691. The van der Waals surface area contributed by atoms with E-state index in [4.69, 9.17) is 11.6 Å². The standard InChI is InChI=1S/C19H25ClO2/c1-18-8-7-16-14(15(18)4-5-17(18)22)3-2-12-10-13(21)6-9-19(12,16)11-20/h10,14-16H,2-9,11H2,1H3/t14-,15-,16+,18-,19+/m0/s1. The lowest BCUT2D eigenvalue weighted by Crippen LogP contribution is -2.52. The molecular weight excluding hydrogens is 296 g/mol. The molecule has 3 saturated carbocycles. The summed E-state index contributed by atoms with van der Waals surface area (Å²) in [7, 11) is 0. The van der Waals surface area contributed by atoms with Crippen LogP contribution < -0.4 is 0 Å². The van der Waals surface area contributed by atoms with Crippen molar-refractivity contribution in [1.82, 2.24) is 0 Å². The van der Waals surface area contributed by atoms with E-state index in [-0.39, 0.29) is 16.6 Å². The first-order valence-electron chi connectivity index (χ1n) is 8.84. The van der Waals surface area contributed by atoms with Gasteiger partial charge in [-0.05, 0) is 62.4 Å². The Hall–Kier alpha value is -0.630. The summed E-state index contributed by atoms with van der Waals surface area (Å²) >= 11 is 6.50. The lowest BCUT2D eigenvalue weighted by molar-refractivity contribution is -0.132. The molecule has 0 radical (unpaired) electrons. The van der Waals surface area contributed by atoms with Gasteiger partial charge in [-0.3, -0.25) is 9.59 Å². The van der Waals surface area contributed by atoms with Crippen LogP contribution in [0, 0.1) is 28.6 Å². The number of hydrogen-bond acceptors (Lipinski definition) is 2. The average Bonchev–Trinajstić information content (AvgIpc) is 2.82. The average molecular weight is 321 g/mol. The smallest absolute Gasteiger partial charge is 0.155 e. The van der Waals surface area contributed by atoms with Crippen molar-refractivity contribution < 1.29 is 9.59 Å². The molecule has 0 N–H and O–H groups in total. The zero-order valence-electron chi connectivity index (χ0n) is 13.4. The maximum Gasteiger partial charge on any atom is 0.155 e. The van der Waals surface area contributed by atoms with Crippen LogP contribution in [-0.4, -0.2) is 17.4 Å². The number of ketones is 2. The Balaban J connectivity index is 1.73. The Morgan fingerprint density at radius 2 is 1.91 bits per heavy atom. The van der Waals surface area contributed by atoms with Crippen molar-refractivity contribution in [3.63, 3.8) is 0 Å². The summed E-state index contributed by atoms with van der Waals surface area (Å²) in [6, 6.07) is 0. The molecule has 0 spiro atoms. The van der Waals surface area contributed by atoms with Crippen molar-refractivity contribution in [3.8, 4) is 0 Å². The molecule has 0 amide bonds. The molecule has 2 nitrogen and oxygen atoms in total. The van der Waals surface area contributed by atoms with Gasteiger partial charge in [-0.15, -0.1) is 11.6 Å². The predicted octanol–water partition coefficient (Wildman–Crippen LogP) is 4.31. The van der Waals surface area contributed by atoms with Crippen LogP contribution in [0.5, 0.6) is 0 Å². The number of hydrogen-bond donors (Lipinski definition) is 0. The Morgan fingerprint density at radius 3 is 2.68 bits per heavy atom. The first-order valence-corrected chi connectivity index (χ1v) is 9.38. The Morgan fingerprint density at radius 1 is 1.09 bits per heavy atom. The van der Waals surface area contributed by atoms with Crippen LogP contribution in [0.3, 0.4) is 0 Å². The second kappa shape index (κ2) is 4.93. The van der Waals surface area contributed by atoms with E-state index in [2.05, 4.69) is 6.92 Å². The van der Waals surface area contributed by atoms with Crippen LogP contribution in [0.15, 0.2) is 11.6 Å². The van der Waals surface area contributed by atoms with Crippen LogP contribution in [0.25, 0.3) is 0 Å². The molecule has 4 aliphatic carbocycles. The van der Waals surface area contributed by atoms with E-state index < -0.39 is 0 Å². The number of alkyl halides is 1. The van der Waals surface area contributed by atoms with E-state index >= 15 is 0 Å². The van der Waals surface area contributed by atoms with Crippen molar-refractivity contribution in [2.75, 3.05) is 5.88 Å². The first kappa shape index (κ1) is 14.9. The molecule has 3 heteroatoms. The molecule has 0 aromatic heterocycles. The SMILES string of the molecule is C[C@]12CC[C@@H]3[C@@H](CCC4=CC(=O)CC[C@@]43CCl)[C@@H]1CCC2=O. The fourth-order valence-corrected chi connectivity index (χ4v) is 6.89. The van der Waals surface area contributed by atoms with E-state index in [1.165, 1.54) is 5.57 Å². The highest BCUT2D eigenvalue weighted by molar-refractivity contribution is 6.18. The summed E-state index contributed by atoms with van der Waals surface area (Å²) < 4.78 is 0. The van der Waals surface area contributed by atoms with Gasteiger partial charge in [-0.2, -0.15) is 0 Å². The summed E-state index contributed by atoms with van der Waals surface area (Å²) in [5.41, 5.74) is 1.30. The minimum absolute atomic E-state index is 0.0470. The fourth-order valence-electron chi connectivity index (χ4n) is 6.38. The molecular formula is C19H25ClO2. The normalized spacial score (nSPS) is 47.5. The number of fused-ring (bicyclic) bond motifs is 5. The van der Waals surface area contributed by atoms with Gasteiger partial charge in [-0.1, -0.05) is 12.5 Å². The number of carbonyl (C=O) groups is 2. The van der Waals surface area contributed by atoms with Gasteiger partial charge >= 0.3 is 0 Å². The maximum absolute atomic E-state index is 12.4. The zero-order chi connectivity index (χ0) is 15.5. The van der Waals surface area contributed by atoms with E-state index in [1.807, 2.05) is 6.08 Å². The van der Waals surface area contributed by atoms with Crippen molar-refractivity contribution in [2.24, 2.45) is 28.6 Å². The van der Waals surface area contributed by atoms with Crippen molar-refractivity contribution in [2.45, 2.75) is 58.3 Å². The highest BCUT2D eigenvalue weighted by atomic mass is 35.5. The van der Waals surface area contributed by atoms with Crippen LogP contribution in [0.4, 0.5) is 0 Å². The summed E-state index contributed by atoms with van der Waals surface area (Å²) in [5, 5.41) is 0. The molecule has 120 valence electrons. The van der Waals surface area contributed by atoms with Crippen molar-refractivity contribution >= 4 is 23.2 Å². The third-order valence-corrected chi connectivity index (χ3v) is 8.11. The Kier molecular flexibility index (Phi) is 3.35. The minimum Gasteiger partial charge on any atom is -0.299 e. The van der Waals surface area contributed by atoms with Gasteiger partial charge < -0.3 is 0 Å². The van der Waals surface area contributed by atoms with Gasteiger partial charge in [-0.25, -0.2) is 0 Å². The van der Waals surface area contributed by atoms with Gasteiger partial charge in [0.1, 0.15) is 5.78 Å². The lowest BCUT2D eigenvalue weighted by Gasteiger charge is -2.57. The highest BCUT2D eigenvalue weighted by Gasteiger charge is 2.59. The molecule has 5 atom stereocenters. The molecule has 0 unspecified atom stereocenters. The third-order valence-electron chi connectivity index (χ3n) is 7.63. The van der Waals surface area contributed by atoms with Gasteiger partial charge in [0.15, 0.2) is 5.78 Å². The van der Waals surface area contributed by atoms with Crippen molar-refractivity contribution in [3.05, 3.63) is 11.6 Å². The molecule has 4 aliphatic rings. The number of carbonyl (C=O) groups excluding carboxylic acids is 2. The molecule has 0 saturated heterocycles. The fraction of sp³-hybridized carbons (Fsp3) is 0.789. The maximum atomic E-state index is 12.4. The molecule has 0 bridgehead atoms. The molecule has 0 aromatic rings. The molecule has 3 fully saturated rings. The van der Waals surface area contributed by atoms with Gasteiger partial charge in [0, 0.05) is 29.6 Å². The van der Waals surface area contributed by atoms with E-state index in [9.17, 15) is 9.59 Å². The predicted molar refractivity (Wildman–Crippen MR) is 86.8 cm³/mol. The third kappa shape index (κ3) is 1.79.